The lowest BCUT2D eigenvalue weighted by atomic mass is 9.94. The molecule has 2 aromatic carbocycles. The molecule has 3 fully saturated rings. The van der Waals surface area contributed by atoms with Gasteiger partial charge in [0.05, 0.1) is 16.6 Å². The van der Waals surface area contributed by atoms with Gasteiger partial charge in [-0.1, -0.05) is 37.5 Å². The summed E-state index contributed by atoms with van der Waals surface area (Å²) >= 11 is 0. The van der Waals surface area contributed by atoms with Crippen LogP contribution < -0.4 is 11.4 Å². The number of aromatic amines is 2. The van der Waals surface area contributed by atoms with Gasteiger partial charge in [0.15, 0.2) is 11.7 Å². The summed E-state index contributed by atoms with van der Waals surface area (Å²) in [6.45, 7) is 5.52. The zero-order valence-electron chi connectivity index (χ0n) is 26.3. The zero-order chi connectivity index (χ0) is 31.8. The normalized spacial score (nSPS) is 19.6. The summed E-state index contributed by atoms with van der Waals surface area (Å²) in [5.41, 5.74) is 4.08. The third kappa shape index (κ3) is 6.10. The first-order valence-corrected chi connectivity index (χ1v) is 16.6. The molecule has 12 heteroatoms. The number of oxazole rings is 1. The van der Waals surface area contributed by atoms with E-state index in [2.05, 4.69) is 14.9 Å². The SMILES string of the molecule is Cc1cc(CC(OC(=O)N2CCC(n3c(=O)[nH]c4ccccc43)CC2)C(=O)N2CCN(C3CCCCC3)CC2)cc2oc(=O)[nH]c12. The van der Waals surface area contributed by atoms with Crippen LogP contribution in [0.4, 0.5) is 4.79 Å². The van der Waals surface area contributed by atoms with Crippen molar-refractivity contribution in [2.24, 2.45) is 0 Å². The number of benzene rings is 2. The molecule has 1 saturated carbocycles. The third-order valence-corrected chi connectivity index (χ3v) is 10.2. The van der Waals surface area contributed by atoms with Crippen LogP contribution in [0.1, 0.15) is 62.1 Å². The monoisotopic (exact) mass is 630 g/mol. The molecule has 2 aromatic heterocycles. The number of carbonyl (C=O) groups is 2. The molecular weight excluding hydrogens is 588 g/mol. The molecular formula is C34H42N6O6. The summed E-state index contributed by atoms with van der Waals surface area (Å²) in [5.74, 6) is -0.742. The van der Waals surface area contributed by atoms with Crippen LogP contribution in [0.15, 0.2) is 50.4 Å². The maximum Gasteiger partial charge on any atom is 0.417 e. The fraction of sp³-hybridized carbons (Fsp3) is 0.529. The standard InChI is InChI=1S/C34H42N6O6/c1-22-19-23(20-28-30(22)36-33(43)45-28)21-29(31(41)38-17-15-37(16-18-38)24-7-3-2-4-8-24)46-34(44)39-13-11-25(12-14-39)40-27-10-6-5-9-26(27)35-32(40)42/h5-6,9-10,19-20,24-25,29H,2-4,7-8,11-18,21H2,1H3,(H,35,42)(H,36,43). The van der Waals surface area contributed by atoms with E-state index in [-0.39, 0.29) is 24.1 Å². The lowest BCUT2D eigenvalue weighted by Crippen LogP contribution is -2.55. The van der Waals surface area contributed by atoms with E-state index in [1.165, 1.54) is 32.1 Å². The number of aromatic nitrogens is 3. The van der Waals surface area contributed by atoms with Crippen molar-refractivity contribution in [3.8, 4) is 0 Å². The van der Waals surface area contributed by atoms with Crippen LogP contribution in [0.3, 0.4) is 0 Å². The number of piperazine rings is 1. The average Bonchev–Trinajstić information content (AvgIpc) is 3.63. The molecule has 0 bridgehead atoms. The fourth-order valence-corrected chi connectivity index (χ4v) is 7.70. The van der Waals surface area contributed by atoms with Crippen LogP contribution in [0.2, 0.25) is 0 Å². The van der Waals surface area contributed by atoms with Gasteiger partial charge in [-0.2, -0.15) is 0 Å². The van der Waals surface area contributed by atoms with E-state index < -0.39 is 18.0 Å². The number of fused-ring (bicyclic) bond motifs is 2. The Balaban J connectivity index is 1.05. The van der Waals surface area contributed by atoms with Gasteiger partial charge in [0, 0.05) is 57.8 Å². The number of aryl methyl sites for hydroxylation is 1. The molecule has 244 valence electrons. The highest BCUT2D eigenvalue weighted by Crippen LogP contribution is 2.27. The summed E-state index contributed by atoms with van der Waals surface area (Å²) in [5, 5.41) is 0. The van der Waals surface area contributed by atoms with Crippen molar-refractivity contribution in [3.05, 3.63) is 68.6 Å². The Bertz CT molecular complexity index is 1830. The maximum absolute atomic E-state index is 14.0. The molecule has 2 N–H and O–H groups in total. The summed E-state index contributed by atoms with van der Waals surface area (Å²) < 4.78 is 13.1. The molecule has 4 heterocycles. The predicted octanol–water partition coefficient (Wildman–Crippen LogP) is 3.93. The highest BCUT2D eigenvalue weighted by molar-refractivity contribution is 5.84. The predicted molar refractivity (Wildman–Crippen MR) is 173 cm³/mol. The summed E-state index contributed by atoms with van der Waals surface area (Å²) in [6.07, 6.45) is 6.08. The molecule has 0 spiro atoms. The summed E-state index contributed by atoms with van der Waals surface area (Å²) in [6, 6.07) is 11.8. The number of nitrogens with zero attached hydrogens (tertiary/aromatic N) is 4. The number of ether oxygens (including phenoxy) is 1. The Kier molecular flexibility index (Phi) is 8.46. The van der Waals surface area contributed by atoms with Gasteiger partial charge < -0.3 is 23.9 Å². The van der Waals surface area contributed by atoms with Crippen LogP contribution in [0, 0.1) is 6.92 Å². The Morgan fingerprint density at radius 1 is 0.891 bits per heavy atom. The molecule has 2 saturated heterocycles. The molecule has 7 rings (SSSR count). The molecule has 2 amide bonds. The summed E-state index contributed by atoms with van der Waals surface area (Å²) in [7, 11) is 0. The van der Waals surface area contributed by atoms with E-state index in [1.807, 2.05) is 42.2 Å². The van der Waals surface area contributed by atoms with Crippen LogP contribution in [-0.4, -0.2) is 92.6 Å². The number of carbonyl (C=O) groups excluding carboxylic acids is 2. The Hall–Kier alpha value is -4.32. The van der Waals surface area contributed by atoms with Gasteiger partial charge >= 0.3 is 17.5 Å². The van der Waals surface area contributed by atoms with Crippen molar-refractivity contribution in [1.29, 1.82) is 0 Å². The average molecular weight is 631 g/mol. The molecule has 1 unspecified atom stereocenters. The van der Waals surface area contributed by atoms with E-state index in [9.17, 15) is 19.2 Å². The van der Waals surface area contributed by atoms with E-state index in [4.69, 9.17) is 9.15 Å². The van der Waals surface area contributed by atoms with Crippen molar-refractivity contribution in [3.63, 3.8) is 0 Å². The maximum atomic E-state index is 14.0. The number of rotatable bonds is 6. The van der Waals surface area contributed by atoms with Crippen LogP contribution in [-0.2, 0) is 16.0 Å². The number of hydrogen-bond donors (Lipinski definition) is 2. The smallest absolute Gasteiger partial charge is 0.417 e. The van der Waals surface area contributed by atoms with E-state index in [1.54, 1.807) is 15.5 Å². The van der Waals surface area contributed by atoms with Gasteiger partial charge in [0.1, 0.15) is 0 Å². The Labute approximate surface area is 266 Å². The first-order valence-electron chi connectivity index (χ1n) is 16.6. The number of amides is 2. The number of likely N-dealkylation sites (tertiary alicyclic amines) is 1. The van der Waals surface area contributed by atoms with Crippen LogP contribution in [0.5, 0.6) is 0 Å². The number of para-hydroxylation sites is 2. The number of nitrogens with one attached hydrogen (secondary N) is 2. The minimum Gasteiger partial charge on any atom is -0.436 e. The second-order valence-electron chi connectivity index (χ2n) is 13.1. The minimum absolute atomic E-state index is 0.0451. The van der Waals surface area contributed by atoms with Crippen molar-refractivity contribution < 1.29 is 18.7 Å². The number of imidazole rings is 1. The lowest BCUT2D eigenvalue weighted by molar-refractivity contribution is -0.143. The molecule has 1 aliphatic carbocycles. The highest BCUT2D eigenvalue weighted by atomic mass is 16.6. The van der Waals surface area contributed by atoms with Gasteiger partial charge in [-0.05, 0) is 61.9 Å². The first-order chi connectivity index (χ1) is 22.3. The first kappa shape index (κ1) is 30.3. The van der Waals surface area contributed by atoms with Gasteiger partial charge in [0.25, 0.3) is 5.91 Å². The molecule has 3 aliphatic rings. The zero-order valence-corrected chi connectivity index (χ0v) is 26.3. The molecule has 46 heavy (non-hydrogen) atoms. The highest BCUT2D eigenvalue weighted by Gasteiger charge is 2.35. The van der Waals surface area contributed by atoms with Crippen molar-refractivity contribution in [2.75, 3.05) is 39.3 Å². The number of H-pyrrole nitrogens is 2. The molecule has 2 aliphatic heterocycles. The van der Waals surface area contributed by atoms with E-state index in [0.717, 1.165) is 35.2 Å². The van der Waals surface area contributed by atoms with Crippen molar-refractivity contribution in [1.82, 2.24) is 29.2 Å². The quantitative estimate of drug-likeness (QED) is 0.329. The third-order valence-electron chi connectivity index (χ3n) is 10.2. The fourth-order valence-electron chi connectivity index (χ4n) is 7.70. The molecule has 4 aromatic rings. The Morgan fingerprint density at radius 2 is 1.63 bits per heavy atom. The van der Waals surface area contributed by atoms with Crippen LogP contribution >= 0.6 is 0 Å². The van der Waals surface area contributed by atoms with Crippen LogP contribution in [0.25, 0.3) is 22.1 Å². The topological polar surface area (TPSA) is 137 Å². The lowest BCUT2D eigenvalue weighted by Gasteiger charge is -2.41. The molecule has 12 nitrogen and oxygen atoms in total. The van der Waals surface area contributed by atoms with Crippen molar-refractivity contribution in [2.45, 2.75) is 76.5 Å². The van der Waals surface area contributed by atoms with E-state index in [0.29, 0.717) is 56.2 Å². The number of piperidine rings is 1. The van der Waals surface area contributed by atoms with Gasteiger partial charge in [-0.15, -0.1) is 0 Å². The second-order valence-corrected chi connectivity index (χ2v) is 13.1. The second kappa shape index (κ2) is 12.8. The Morgan fingerprint density at radius 3 is 2.39 bits per heavy atom. The molecule has 1 atom stereocenters. The van der Waals surface area contributed by atoms with E-state index >= 15 is 0 Å². The minimum atomic E-state index is -1.02. The number of hydrogen-bond acceptors (Lipinski definition) is 7. The molecule has 0 radical (unpaired) electrons. The van der Waals surface area contributed by atoms with Gasteiger partial charge in [-0.3, -0.25) is 19.2 Å². The van der Waals surface area contributed by atoms with Gasteiger partial charge in [-0.25, -0.2) is 14.4 Å². The van der Waals surface area contributed by atoms with Crippen molar-refractivity contribution >= 4 is 34.1 Å². The largest absolute Gasteiger partial charge is 0.436 e. The van der Waals surface area contributed by atoms with Gasteiger partial charge in [0.2, 0.25) is 0 Å². The summed E-state index contributed by atoms with van der Waals surface area (Å²) in [4.78, 5) is 63.8.